The lowest BCUT2D eigenvalue weighted by Gasteiger charge is -2.14. The Labute approximate surface area is 172 Å². The van der Waals surface area contributed by atoms with Crippen molar-refractivity contribution in [1.29, 1.82) is 0 Å². The molecular weight excluding hydrogens is 382 g/mol. The zero-order valence-corrected chi connectivity index (χ0v) is 16.9. The minimum absolute atomic E-state index is 0.0918. The maximum absolute atomic E-state index is 12.7. The smallest absolute Gasteiger partial charge is 0.280 e. The van der Waals surface area contributed by atoms with Crippen LogP contribution >= 0.6 is 11.3 Å². The Morgan fingerprint density at radius 1 is 1.14 bits per heavy atom. The molecule has 0 spiro atoms. The first-order valence-electron chi connectivity index (χ1n) is 9.87. The fourth-order valence-corrected chi connectivity index (χ4v) is 4.88. The Morgan fingerprint density at radius 3 is 2.79 bits per heavy atom. The van der Waals surface area contributed by atoms with Crippen molar-refractivity contribution in [3.8, 4) is 11.3 Å². The quantitative estimate of drug-likeness (QED) is 0.527. The summed E-state index contributed by atoms with van der Waals surface area (Å²) in [5.41, 5.74) is 4.90. The molecule has 1 amide bonds. The second-order valence-corrected chi connectivity index (χ2v) is 8.46. The molecule has 0 aliphatic heterocycles. The molecule has 1 aromatic carbocycles. The number of aromatic nitrogens is 4. The Hall–Kier alpha value is -3.06. The van der Waals surface area contributed by atoms with Gasteiger partial charge in [-0.05, 0) is 44.2 Å². The van der Waals surface area contributed by atoms with Crippen molar-refractivity contribution >= 4 is 28.3 Å². The summed E-state index contributed by atoms with van der Waals surface area (Å²) < 4.78 is 0. The molecule has 5 rings (SSSR count). The second-order valence-electron chi connectivity index (χ2n) is 7.38. The van der Waals surface area contributed by atoms with Crippen LogP contribution in [0.25, 0.3) is 22.3 Å². The molecule has 3 heterocycles. The minimum Gasteiger partial charge on any atom is -0.346 e. The molecule has 1 atom stereocenters. The summed E-state index contributed by atoms with van der Waals surface area (Å²) in [4.78, 5) is 30.3. The van der Waals surface area contributed by atoms with Crippen molar-refractivity contribution in [1.82, 2.24) is 25.3 Å². The topological polar surface area (TPSA) is 83.6 Å². The molecule has 0 unspecified atom stereocenters. The summed E-state index contributed by atoms with van der Waals surface area (Å²) in [6.45, 7) is 2.00. The van der Waals surface area contributed by atoms with Crippen LogP contribution in [0.3, 0.4) is 0 Å². The van der Waals surface area contributed by atoms with Crippen LogP contribution in [0.2, 0.25) is 0 Å². The summed E-state index contributed by atoms with van der Waals surface area (Å²) in [5.74, 6) is -0.0918. The van der Waals surface area contributed by atoms with E-state index in [1.54, 1.807) is 17.7 Å². The standard InChI is InChI=1S/C22H21N5OS/c1-13(26-21(28)22-27-17-4-2-3-5-18(17)29-22)14-6-8-15(9-7-14)19-16-10-11-23-20(16)25-12-24-19/h6-13H,2-5H2,1H3,(H,26,28)(H,23,24,25)/t13-/m0/s1. The third-order valence-electron chi connectivity index (χ3n) is 5.43. The maximum atomic E-state index is 12.7. The zero-order chi connectivity index (χ0) is 19.8. The van der Waals surface area contributed by atoms with E-state index in [0.717, 1.165) is 46.4 Å². The van der Waals surface area contributed by atoms with Gasteiger partial charge in [0, 0.05) is 22.0 Å². The predicted octanol–water partition coefficient (Wildman–Crippen LogP) is 4.45. The number of carbonyl (C=O) groups excluding carboxylic acids is 1. The normalized spacial score (nSPS) is 14.5. The van der Waals surface area contributed by atoms with E-state index in [1.807, 2.05) is 43.5 Å². The summed E-state index contributed by atoms with van der Waals surface area (Å²) in [6.07, 6.45) is 7.84. The number of benzene rings is 1. The lowest BCUT2D eigenvalue weighted by molar-refractivity contribution is 0.0939. The van der Waals surface area contributed by atoms with E-state index in [-0.39, 0.29) is 11.9 Å². The first-order chi connectivity index (χ1) is 14.2. The van der Waals surface area contributed by atoms with Crippen molar-refractivity contribution in [2.24, 2.45) is 0 Å². The number of hydrogen-bond donors (Lipinski definition) is 2. The first kappa shape index (κ1) is 18.0. The molecule has 1 aliphatic rings. The highest BCUT2D eigenvalue weighted by molar-refractivity contribution is 7.13. The summed E-state index contributed by atoms with van der Waals surface area (Å²) in [7, 11) is 0. The lowest BCUT2D eigenvalue weighted by atomic mass is 10.0. The van der Waals surface area contributed by atoms with Gasteiger partial charge in [-0.3, -0.25) is 4.79 Å². The number of H-pyrrole nitrogens is 1. The number of carbonyl (C=O) groups is 1. The number of nitrogens with zero attached hydrogens (tertiary/aromatic N) is 3. The van der Waals surface area contributed by atoms with Gasteiger partial charge in [0.2, 0.25) is 0 Å². The van der Waals surface area contributed by atoms with Gasteiger partial charge in [0.15, 0.2) is 5.01 Å². The van der Waals surface area contributed by atoms with E-state index >= 15 is 0 Å². The molecule has 4 aromatic rings. The first-order valence-corrected chi connectivity index (χ1v) is 10.7. The highest BCUT2D eigenvalue weighted by Gasteiger charge is 2.20. The van der Waals surface area contributed by atoms with Gasteiger partial charge >= 0.3 is 0 Å². The average Bonchev–Trinajstić information content (AvgIpc) is 3.40. The number of rotatable bonds is 4. The number of aryl methyl sites for hydroxylation is 2. The molecule has 2 N–H and O–H groups in total. The molecule has 1 aliphatic carbocycles. The van der Waals surface area contributed by atoms with Crippen molar-refractivity contribution in [2.45, 2.75) is 38.6 Å². The van der Waals surface area contributed by atoms with Crippen molar-refractivity contribution in [3.63, 3.8) is 0 Å². The Kier molecular flexibility index (Phi) is 4.60. The zero-order valence-electron chi connectivity index (χ0n) is 16.1. The number of aromatic amines is 1. The van der Waals surface area contributed by atoms with Crippen LogP contribution in [0.15, 0.2) is 42.9 Å². The second kappa shape index (κ2) is 7.40. The monoisotopic (exact) mass is 403 g/mol. The fourth-order valence-electron chi connectivity index (χ4n) is 3.82. The van der Waals surface area contributed by atoms with Crippen LogP contribution in [-0.4, -0.2) is 25.8 Å². The van der Waals surface area contributed by atoms with E-state index in [1.165, 1.54) is 17.7 Å². The summed E-state index contributed by atoms with van der Waals surface area (Å²) in [5, 5.41) is 4.66. The highest BCUT2D eigenvalue weighted by Crippen LogP contribution is 2.28. The number of nitrogens with one attached hydrogen (secondary N) is 2. The van der Waals surface area contributed by atoms with Gasteiger partial charge in [-0.25, -0.2) is 15.0 Å². The summed E-state index contributed by atoms with van der Waals surface area (Å²) >= 11 is 1.54. The molecule has 0 fully saturated rings. The molecule has 146 valence electrons. The SMILES string of the molecule is C[C@H](NC(=O)c1nc2c(s1)CCCC2)c1ccc(-c2ncnc3[nH]ccc23)cc1. The van der Waals surface area contributed by atoms with E-state index < -0.39 is 0 Å². The lowest BCUT2D eigenvalue weighted by Crippen LogP contribution is -2.26. The highest BCUT2D eigenvalue weighted by atomic mass is 32.1. The Bertz CT molecular complexity index is 1150. The largest absolute Gasteiger partial charge is 0.346 e. The van der Waals surface area contributed by atoms with Gasteiger partial charge in [-0.1, -0.05) is 24.3 Å². The minimum atomic E-state index is -0.102. The van der Waals surface area contributed by atoms with Crippen LogP contribution in [0, 0.1) is 0 Å². The number of fused-ring (bicyclic) bond motifs is 2. The van der Waals surface area contributed by atoms with Crippen molar-refractivity contribution in [2.75, 3.05) is 0 Å². The third-order valence-corrected chi connectivity index (χ3v) is 6.58. The molecule has 0 bridgehead atoms. The van der Waals surface area contributed by atoms with Crippen LogP contribution in [-0.2, 0) is 12.8 Å². The van der Waals surface area contributed by atoms with Gasteiger partial charge in [0.1, 0.15) is 12.0 Å². The average molecular weight is 404 g/mol. The van der Waals surface area contributed by atoms with E-state index in [9.17, 15) is 4.79 Å². The molecular formula is C22H21N5OS. The predicted molar refractivity (Wildman–Crippen MR) is 114 cm³/mol. The van der Waals surface area contributed by atoms with E-state index in [2.05, 4.69) is 25.3 Å². The van der Waals surface area contributed by atoms with E-state index in [0.29, 0.717) is 5.01 Å². The maximum Gasteiger partial charge on any atom is 0.280 e. The summed E-state index contributed by atoms with van der Waals surface area (Å²) in [6, 6.07) is 10.0. The van der Waals surface area contributed by atoms with Gasteiger partial charge < -0.3 is 10.3 Å². The molecule has 7 heteroatoms. The van der Waals surface area contributed by atoms with Crippen LogP contribution in [0.4, 0.5) is 0 Å². The number of thiazole rings is 1. The van der Waals surface area contributed by atoms with Gasteiger partial charge in [-0.15, -0.1) is 11.3 Å². The van der Waals surface area contributed by atoms with Gasteiger partial charge in [-0.2, -0.15) is 0 Å². The van der Waals surface area contributed by atoms with Crippen molar-refractivity contribution in [3.05, 3.63) is 64.0 Å². The van der Waals surface area contributed by atoms with Crippen LogP contribution < -0.4 is 5.32 Å². The van der Waals surface area contributed by atoms with Crippen molar-refractivity contribution < 1.29 is 4.79 Å². The van der Waals surface area contributed by atoms with Crippen LogP contribution in [0.1, 0.15) is 51.7 Å². The molecule has 0 radical (unpaired) electrons. The molecule has 0 saturated heterocycles. The fraction of sp³-hybridized carbons (Fsp3) is 0.273. The Morgan fingerprint density at radius 2 is 1.97 bits per heavy atom. The van der Waals surface area contributed by atoms with E-state index in [4.69, 9.17) is 0 Å². The number of hydrogen-bond acceptors (Lipinski definition) is 5. The van der Waals surface area contributed by atoms with Gasteiger partial charge in [0.05, 0.1) is 17.4 Å². The molecule has 6 nitrogen and oxygen atoms in total. The Balaban J connectivity index is 1.32. The van der Waals surface area contributed by atoms with Gasteiger partial charge in [0.25, 0.3) is 5.91 Å². The number of amides is 1. The molecule has 0 saturated carbocycles. The van der Waals surface area contributed by atoms with Crippen LogP contribution in [0.5, 0.6) is 0 Å². The molecule has 3 aromatic heterocycles. The third kappa shape index (κ3) is 3.42. The molecule has 29 heavy (non-hydrogen) atoms.